The van der Waals surface area contributed by atoms with Crippen LogP contribution in [0.4, 0.5) is 0 Å². The molecule has 2 rings (SSSR count). The summed E-state index contributed by atoms with van der Waals surface area (Å²) in [5.74, 6) is 0. The van der Waals surface area contributed by atoms with Gasteiger partial charge in [0.1, 0.15) is 0 Å². The van der Waals surface area contributed by atoms with Crippen LogP contribution in [0.5, 0.6) is 0 Å². The fraction of sp³-hybridized carbons (Fsp3) is 0.294. The zero-order valence-corrected chi connectivity index (χ0v) is 13.8. The van der Waals surface area contributed by atoms with Crippen LogP contribution in [-0.4, -0.2) is 25.5 Å². The predicted molar refractivity (Wildman–Crippen MR) is 91.0 cm³/mol. The molecule has 0 radical (unpaired) electrons. The minimum Gasteiger partial charge on any atom is -0.311 e. The maximum Gasteiger partial charge on any atom is 0.0466 e. The van der Waals surface area contributed by atoms with Crippen LogP contribution >= 0.6 is 23.2 Å². The highest BCUT2D eigenvalue weighted by Crippen LogP contribution is 2.21. The first-order chi connectivity index (χ1) is 10.1. The van der Waals surface area contributed by atoms with Crippen molar-refractivity contribution >= 4 is 23.2 Å². The minimum atomic E-state index is 0.323. The van der Waals surface area contributed by atoms with Gasteiger partial charge in [-0.25, -0.2) is 0 Å². The highest BCUT2D eigenvalue weighted by Gasteiger charge is 2.13. The molecule has 2 nitrogen and oxygen atoms in total. The molecule has 1 N–H and O–H groups in total. The maximum atomic E-state index is 6.18. The average molecular weight is 323 g/mol. The van der Waals surface area contributed by atoms with Gasteiger partial charge in [-0.2, -0.15) is 0 Å². The monoisotopic (exact) mass is 322 g/mol. The Balaban J connectivity index is 1.98. The van der Waals surface area contributed by atoms with Crippen LogP contribution in [0.3, 0.4) is 0 Å². The molecule has 0 spiro atoms. The summed E-state index contributed by atoms with van der Waals surface area (Å²) in [6, 6.07) is 16.3. The first-order valence-corrected chi connectivity index (χ1v) is 7.69. The van der Waals surface area contributed by atoms with E-state index in [4.69, 9.17) is 23.2 Å². The molecular weight excluding hydrogens is 303 g/mol. The van der Waals surface area contributed by atoms with E-state index in [0.29, 0.717) is 17.6 Å². The van der Waals surface area contributed by atoms with Crippen LogP contribution in [0, 0.1) is 0 Å². The van der Waals surface area contributed by atoms with Gasteiger partial charge in [0, 0.05) is 29.2 Å². The number of benzene rings is 2. The van der Waals surface area contributed by atoms with E-state index in [1.807, 2.05) is 18.2 Å². The first kappa shape index (κ1) is 16.3. The molecule has 0 amide bonds. The van der Waals surface area contributed by atoms with Gasteiger partial charge < -0.3 is 10.2 Å². The third-order valence-electron chi connectivity index (χ3n) is 3.47. The predicted octanol–water partition coefficient (Wildman–Crippen LogP) is 4.39. The molecule has 0 saturated heterocycles. The Morgan fingerprint density at radius 3 is 2.43 bits per heavy atom. The molecule has 1 atom stereocenters. The number of hydrogen-bond donors (Lipinski definition) is 1. The van der Waals surface area contributed by atoms with Gasteiger partial charge in [0.2, 0.25) is 0 Å². The molecule has 0 aliphatic carbocycles. The van der Waals surface area contributed by atoms with Crippen molar-refractivity contribution in [3.8, 4) is 0 Å². The summed E-state index contributed by atoms with van der Waals surface area (Å²) in [6.07, 6.45) is 0. The van der Waals surface area contributed by atoms with Crippen molar-refractivity contribution in [2.75, 3.05) is 20.6 Å². The zero-order valence-electron chi connectivity index (χ0n) is 12.3. The van der Waals surface area contributed by atoms with Gasteiger partial charge in [0.25, 0.3) is 0 Å². The van der Waals surface area contributed by atoms with Crippen LogP contribution in [0.2, 0.25) is 10.0 Å². The summed E-state index contributed by atoms with van der Waals surface area (Å²) in [4.78, 5) is 2.21. The highest BCUT2D eigenvalue weighted by molar-refractivity contribution is 6.33. The lowest BCUT2D eigenvalue weighted by molar-refractivity contribution is 0.288. The molecule has 21 heavy (non-hydrogen) atoms. The molecule has 112 valence electrons. The fourth-order valence-corrected chi connectivity index (χ4v) is 2.68. The standard InChI is InChI=1S/C17H20Cl2N2/c1-21(2)17(13-6-4-3-5-7-13)12-20-11-14-10-15(18)8-9-16(14)19/h3-10,17,20H,11-12H2,1-2H3. The highest BCUT2D eigenvalue weighted by atomic mass is 35.5. The molecule has 0 fully saturated rings. The summed E-state index contributed by atoms with van der Waals surface area (Å²) in [5.41, 5.74) is 2.32. The number of halogens is 2. The second-order valence-electron chi connectivity index (χ2n) is 5.26. The fourth-order valence-electron chi connectivity index (χ4n) is 2.30. The smallest absolute Gasteiger partial charge is 0.0466 e. The number of rotatable bonds is 6. The average Bonchev–Trinajstić information content (AvgIpc) is 2.47. The summed E-state index contributed by atoms with van der Waals surface area (Å²) < 4.78 is 0. The SMILES string of the molecule is CN(C)C(CNCc1cc(Cl)ccc1Cl)c1ccccc1. The van der Waals surface area contributed by atoms with Crippen LogP contribution in [0.25, 0.3) is 0 Å². The molecule has 2 aromatic carbocycles. The van der Waals surface area contributed by atoms with Gasteiger partial charge in [-0.05, 0) is 43.4 Å². The topological polar surface area (TPSA) is 15.3 Å². The van der Waals surface area contributed by atoms with Crippen LogP contribution in [-0.2, 0) is 6.54 Å². The number of hydrogen-bond acceptors (Lipinski definition) is 2. The largest absolute Gasteiger partial charge is 0.311 e. The summed E-state index contributed by atoms with van der Waals surface area (Å²) >= 11 is 12.2. The van der Waals surface area contributed by atoms with Crippen LogP contribution < -0.4 is 5.32 Å². The maximum absolute atomic E-state index is 6.18. The van der Waals surface area contributed by atoms with Gasteiger partial charge >= 0.3 is 0 Å². The number of nitrogens with one attached hydrogen (secondary N) is 1. The number of nitrogens with zero attached hydrogens (tertiary/aromatic N) is 1. The van der Waals surface area contributed by atoms with E-state index in [9.17, 15) is 0 Å². The molecule has 0 saturated carbocycles. The van der Waals surface area contributed by atoms with E-state index in [2.05, 4.69) is 48.6 Å². The van der Waals surface area contributed by atoms with Crippen LogP contribution in [0.1, 0.15) is 17.2 Å². The van der Waals surface area contributed by atoms with E-state index in [1.54, 1.807) is 6.07 Å². The number of likely N-dealkylation sites (N-methyl/N-ethyl adjacent to an activating group) is 1. The molecule has 0 aromatic heterocycles. The quantitative estimate of drug-likeness (QED) is 0.848. The molecule has 2 aromatic rings. The molecule has 0 bridgehead atoms. The Morgan fingerprint density at radius 1 is 1.05 bits per heavy atom. The van der Waals surface area contributed by atoms with Crippen molar-refractivity contribution in [1.29, 1.82) is 0 Å². The van der Waals surface area contributed by atoms with E-state index >= 15 is 0 Å². The van der Waals surface area contributed by atoms with Crippen molar-refractivity contribution in [3.05, 3.63) is 69.7 Å². The lowest BCUT2D eigenvalue weighted by atomic mass is 10.1. The third kappa shape index (κ3) is 4.72. The molecule has 0 heterocycles. The lowest BCUT2D eigenvalue weighted by Crippen LogP contribution is -2.30. The summed E-state index contributed by atoms with van der Waals surface area (Å²) in [7, 11) is 4.18. The van der Waals surface area contributed by atoms with Crippen molar-refractivity contribution in [3.63, 3.8) is 0 Å². The van der Waals surface area contributed by atoms with E-state index in [-0.39, 0.29) is 0 Å². The Labute approximate surface area is 136 Å². The first-order valence-electron chi connectivity index (χ1n) is 6.94. The normalized spacial score (nSPS) is 12.6. The summed E-state index contributed by atoms with van der Waals surface area (Å²) in [6.45, 7) is 1.55. The molecular formula is C17H20Cl2N2. The van der Waals surface area contributed by atoms with E-state index in [0.717, 1.165) is 17.1 Å². The van der Waals surface area contributed by atoms with Crippen molar-refractivity contribution in [2.24, 2.45) is 0 Å². The minimum absolute atomic E-state index is 0.323. The Morgan fingerprint density at radius 2 is 1.76 bits per heavy atom. The zero-order chi connectivity index (χ0) is 15.2. The molecule has 1 unspecified atom stereocenters. The lowest BCUT2D eigenvalue weighted by Gasteiger charge is -2.25. The molecule has 0 aliphatic rings. The molecule has 4 heteroatoms. The second kappa shape index (κ2) is 7.81. The van der Waals surface area contributed by atoms with Crippen molar-refractivity contribution < 1.29 is 0 Å². The second-order valence-corrected chi connectivity index (χ2v) is 6.10. The Kier molecular flexibility index (Phi) is 6.07. The van der Waals surface area contributed by atoms with Crippen LogP contribution in [0.15, 0.2) is 48.5 Å². The third-order valence-corrected chi connectivity index (χ3v) is 4.07. The van der Waals surface area contributed by atoms with E-state index in [1.165, 1.54) is 5.56 Å². The van der Waals surface area contributed by atoms with Crippen molar-refractivity contribution in [1.82, 2.24) is 10.2 Å². The Hall–Kier alpha value is -1.06. The summed E-state index contributed by atoms with van der Waals surface area (Å²) in [5, 5.41) is 4.92. The van der Waals surface area contributed by atoms with E-state index < -0.39 is 0 Å². The van der Waals surface area contributed by atoms with Gasteiger partial charge in [-0.15, -0.1) is 0 Å². The van der Waals surface area contributed by atoms with Gasteiger partial charge in [-0.1, -0.05) is 53.5 Å². The van der Waals surface area contributed by atoms with Crippen molar-refractivity contribution in [2.45, 2.75) is 12.6 Å². The van der Waals surface area contributed by atoms with Gasteiger partial charge in [-0.3, -0.25) is 0 Å². The van der Waals surface area contributed by atoms with Gasteiger partial charge in [0.15, 0.2) is 0 Å². The molecule has 0 aliphatic heterocycles. The Bertz CT molecular complexity index is 570. The van der Waals surface area contributed by atoms with Gasteiger partial charge in [0.05, 0.1) is 0 Å².